The molecular formula is C17H21F3N4O2. The largest absolute Gasteiger partial charge is 0.433 e. The molecule has 26 heavy (non-hydrogen) atoms. The van der Waals surface area contributed by atoms with Crippen LogP contribution in [0, 0.1) is 6.92 Å². The van der Waals surface area contributed by atoms with Gasteiger partial charge in [-0.25, -0.2) is 9.50 Å². The van der Waals surface area contributed by atoms with E-state index in [1.165, 1.54) is 17.9 Å². The summed E-state index contributed by atoms with van der Waals surface area (Å²) in [4.78, 5) is 18.4. The Bertz CT molecular complexity index is 844. The van der Waals surface area contributed by atoms with E-state index < -0.39 is 17.8 Å². The quantitative estimate of drug-likeness (QED) is 0.815. The SMILES string of the molecule is Cc1cc(C(F)(F)F)n2nc(C(=O)N(C)[C@H]3CCOC(C)(C)C3)cc2n1. The summed E-state index contributed by atoms with van der Waals surface area (Å²) in [5.41, 5.74) is -1.14. The number of ether oxygens (including phenoxy) is 1. The first-order valence-corrected chi connectivity index (χ1v) is 8.34. The van der Waals surface area contributed by atoms with Crippen molar-refractivity contribution in [1.29, 1.82) is 0 Å². The van der Waals surface area contributed by atoms with Crippen molar-refractivity contribution in [3.05, 3.63) is 29.2 Å². The number of nitrogens with zero attached hydrogens (tertiary/aromatic N) is 4. The predicted molar refractivity (Wildman–Crippen MR) is 87.9 cm³/mol. The first kappa shape index (κ1) is 18.6. The third-order valence-corrected chi connectivity index (χ3v) is 4.60. The molecule has 2 aromatic heterocycles. The number of alkyl halides is 3. The number of rotatable bonds is 2. The highest BCUT2D eigenvalue weighted by atomic mass is 19.4. The van der Waals surface area contributed by atoms with Gasteiger partial charge in [-0.05, 0) is 39.7 Å². The first-order chi connectivity index (χ1) is 12.0. The lowest BCUT2D eigenvalue weighted by molar-refractivity contribution is -0.142. The molecule has 0 saturated carbocycles. The second kappa shape index (κ2) is 6.22. The average Bonchev–Trinajstić information content (AvgIpc) is 2.94. The van der Waals surface area contributed by atoms with Gasteiger partial charge in [0.2, 0.25) is 0 Å². The highest BCUT2D eigenvalue weighted by Crippen LogP contribution is 2.30. The Kier molecular flexibility index (Phi) is 4.46. The lowest BCUT2D eigenvalue weighted by atomic mass is 9.93. The zero-order chi connectivity index (χ0) is 19.3. The molecule has 0 aromatic carbocycles. The van der Waals surface area contributed by atoms with E-state index in [1.54, 1.807) is 7.05 Å². The minimum Gasteiger partial charge on any atom is -0.375 e. The highest BCUT2D eigenvalue weighted by molar-refractivity contribution is 5.93. The van der Waals surface area contributed by atoms with Crippen molar-refractivity contribution in [2.24, 2.45) is 0 Å². The second-order valence-corrected chi connectivity index (χ2v) is 7.25. The Hall–Kier alpha value is -2.16. The number of fused-ring (bicyclic) bond motifs is 1. The van der Waals surface area contributed by atoms with Crippen LogP contribution < -0.4 is 0 Å². The van der Waals surface area contributed by atoms with E-state index in [0.29, 0.717) is 24.0 Å². The Morgan fingerprint density at radius 3 is 2.69 bits per heavy atom. The Morgan fingerprint density at radius 2 is 2.08 bits per heavy atom. The number of hydrogen-bond donors (Lipinski definition) is 0. The Morgan fingerprint density at radius 1 is 1.38 bits per heavy atom. The van der Waals surface area contributed by atoms with Crippen molar-refractivity contribution in [2.45, 2.75) is 51.4 Å². The molecule has 0 aliphatic carbocycles. The molecule has 9 heteroatoms. The van der Waals surface area contributed by atoms with E-state index in [4.69, 9.17) is 4.74 Å². The molecule has 6 nitrogen and oxygen atoms in total. The minimum atomic E-state index is -4.59. The van der Waals surface area contributed by atoms with Crippen molar-refractivity contribution >= 4 is 11.6 Å². The fraction of sp³-hybridized carbons (Fsp3) is 0.588. The van der Waals surface area contributed by atoms with Crippen LogP contribution in [0.5, 0.6) is 0 Å². The van der Waals surface area contributed by atoms with Crippen molar-refractivity contribution in [3.8, 4) is 0 Å². The van der Waals surface area contributed by atoms with Gasteiger partial charge in [-0.2, -0.15) is 18.3 Å². The van der Waals surface area contributed by atoms with Crippen molar-refractivity contribution in [3.63, 3.8) is 0 Å². The monoisotopic (exact) mass is 370 g/mol. The summed E-state index contributed by atoms with van der Waals surface area (Å²) in [6.07, 6.45) is -3.27. The van der Waals surface area contributed by atoms with Crippen molar-refractivity contribution in [2.75, 3.05) is 13.7 Å². The molecule has 2 aromatic rings. The fourth-order valence-electron chi connectivity index (χ4n) is 3.28. The molecule has 1 atom stereocenters. The van der Waals surface area contributed by atoms with Crippen molar-refractivity contribution in [1.82, 2.24) is 19.5 Å². The van der Waals surface area contributed by atoms with Gasteiger partial charge in [0.05, 0.1) is 5.60 Å². The third kappa shape index (κ3) is 3.53. The molecule has 0 radical (unpaired) electrons. The highest BCUT2D eigenvalue weighted by Gasteiger charge is 2.36. The number of hydrogen-bond acceptors (Lipinski definition) is 4. The van der Waals surface area contributed by atoms with Crippen LogP contribution in [0.3, 0.4) is 0 Å². The molecule has 1 saturated heterocycles. The van der Waals surface area contributed by atoms with E-state index >= 15 is 0 Å². The van der Waals surface area contributed by atoms with Gasteiger partial charge in [0.1, 0.15) is 5.69 Å². The van der Waals surface area contributed by atoms with Gasteiger partial charge in [0, 0.05) is 31.5 Å². The van der Waals surface area contributed by atoms with E-state index in [-0.39, 0.29) is 28.7 Å². The lowest BCUT2D eigenvalue weighted by Crippen LogP contribution is -2.46. The van der Waals surface area contributed by atoms with Gasteiger partial charge in [0.25, 0.3) is 5.91 Å². The third-order valence-electron chi connectivity index (χ3n) is 4.60. The molecule has 0 unspecified atom stereocenters. The molecule has 142 valence electrons. The zero-order valence-electron chi connectivity index (χ0n) is 15.1. The van der Waals surface area contributed by atoms with Crippen molar-refractivity contribution < 1.29 is 22.7 Å². The number of amides is 1. The molecule has 0 spiro atoms. The summed E-state index contributed by atoms with van der Waals surface area (Å²) >= 11 is 0. The second-order valence-electron chi connectivity index (χ2n) is 7.25. The molecule has 0 bridgehead atoms. The van der Waals surface area contributed by atoms with Gasteiger partial charge in [-0.15, -0.1) is 0 Å². The van der Waals surface area contributed by atoms with Crippen LogP contribution in [0.25, 0.3) is 5.65 Å². The van der Waals surface area contributed by atoms with E-state index in [2.05, 4.69) is 10.1 Å². The topological polar surface area (TPSA) is 59.7 Å². The van der Waals surface area contributed by atoms with Gasteiger partial charge < -0.3 is 9.64 Å². The molecule has 1 aliphatic heterocycles. The van der Waals surface area contributed by atoms with Crippen LogP contribution in [-0.4, -0.2) is 50.7 Å². The van der Waals surface area contributed by atoms with Crippen LogP contribution >= 0.6 is 0 Å². The molecule has 3 heterocycles. The average molecular weight is 370 g/mol. The number of carbonyl (C=O) groups excluding carboxylic acids is 1. The molecule has 0 N–H and O–H groups in total. The number of carbonyl (C=O) groups is 1. The molecular weight excluding hydrogens is 349 g/mol. The summed E-state index contributed by atoms with van der Waals surface area (Å²) in [5, 5.41) is 3.88. The summed E-state index contributed by atoms with van der Waals surface area (Å²) in [6, 6.07) is 2.15. The van der Waals surface area contributed by atoms with E-state index in [9.17, 15) is 18.0 Å². The summed E-state index contributed by atoms with van der Waals surface area (Å²) < 4.78 is 46.1. The number of aryl methyl sites for hydroxylation is 1. The van der Waals surface area contributed by atoms with Crippen LogP contribution in [0.2, 0.25) is 0 Å². The van der Waals surface area contributed by atoms with Crippen LogP contribution in [-0.2, 0) is 10.9 Å². The normalized spacial score (nSPS) is 20.3. The van der Waals surface area contributed by atoms with Crippen LogP contribution in [0.1, 0.15) is 48.6 Å². The van der Waals surface area contributed by atoms with E-state index in [0.717, 1.165) is 6.07 Å². The molecule has 1 fully saturated rings. The fourth-order valence-corrected chi connectivity index (χ4v) is 3.28. The van der Waals surface area contributed by atoms with Gasteiger partial charge in [-0.3, -0.25) is 4.79 Å². The van der Waals surface area contributed by atoms with Crippen LogP contribution in [0.4, 0.5) is 13.2 Å². The number of aromatic nitrogens is 3. The summed E-state index contributed by atoms with van der Waals surface area (Å²) in [6.45, 7) is 5.90. The van der Waals surface area contributed by atoms with Gasteiger partial charge in [-0.1, -0.05) is 0 Å². The zero-order valence-corrected chi connectivity index (χ0v) is 15.1. The summed E-state index contributed by atoms with van der Waals surface area (Å²) in [5.74, 6) is -0.427. The maximum Gasteiger partial charge on any atom is 0.433 e. The smallest absolute Gasteiger partial charge is 0.375 e. The molecule has 3 rings (SSSR count). The Labute approximate surface area is 148 Å². The van der Waals surface area contributed by atoms with Gasteiger partial charge in [0.15, 0.2) is 11.3 Å². The van der Waals surface area contributed by atoms with Crippen LogP contribution in [0.15, 0.2) is 12.1 Å². The first-order valence-electron chi connectivity index (χ1n) is 8.34. The Balaban J connectivity index is 1.94. The van der Waals surface area contributed by atoms with E-state index in [1.807, 2.05) is 13.8 Å². The predicted octanol–water partition coefficient (Wildman–Crippen LogP) is 3.09. The standard InChI is InChI=1S/C17H21F3N4O2/c1-10-7-13(17(18,19)20)24-14(21-10)8-12(22-24)15(25)23(4)11-5-6-26-16(2,3)9-11/h7-8,11H,5-6,9H2,1-4H3/t11-/m0/s1. The molecule has 1 aliphatic rings. The molecule has 1 amide bonds. The number of halogens is 3. The summed E-state index contributed by atoms with van der Waals surface area (Å²) in [7, 11) is 1.64. The van der Waals surface area contributed by atoms with Gasteiger partial charge >= 0.3 is 6.18 Å². The maximum absolute atomic E-state index is 13.2. The lowest BCUT2D eigenvalue weighted by Gasteiger charge is -2.39. The minimum absolute atomic E-state index is 0.00128. The maximum atomic E-state index is 13.2.